The van der Waals surface area contributed by atoms with Crippen molar-refractivity contribution in [3.8, 4) is 0 Å². The van der Waals surface area contributed by atoms with Crippen molar-refractivity contribution in [1.82, 2.24) is 14.9 Å². The Morgan fingerprint density at radius 2 is 2.25 bits per heavy atom. The molecule has 0 saturated carbocycles. The number of thioether (sulfide) groups is 1. The summed E-state index contributed by atoms with van der Waals surface area (Å²) in [6, 6.07) is -0.159. The summed E-state index contributed by atoms with van der Waals surface area (Å²) in [4.78, 5) is 22.3. The molecule has 0 bridgehead atoms. The molecule has 1 fully saturated rings. The van der Waals surface area contributed by atoms with E-state index >= 15 is 0 Å². The van der Waals surface area contributed by atoms with E-state index in [1.54, 1.807) is 29.1 Å². The van der Waals surface area contributed by atoms with Gasteiger partial charge in [-0.2, -0.15) is 0 Å². The number of rotatable bonds is 5. The zero-order valence-electron chi connectivity index (χ0n) is 13.4. The number of aliphatic hydroxyl groups is 1. The van der Waals surface area contributed by atoms with Gasteiger partial charge in [0.2, 0.25) is 5.89 Å². The molecule has 2 N–H and O–H groups in total. The van der Waals surface area contributed by atoms with Crippen LogP contribution >= 0.6 is 23.1 Å². The lowest BCUT2D eigenvalue weighted by molar-refractivity contribution is 0.0972. The Morgan fingerprint density at radius 1 is 1.46 bits per heavy atom. The molecule has 3 rings (SSSR count). The van der Waals surface area contributed by atoms with Gasteiger partial charge in [-0.1, -0.05) is 18.3 Å². The summed E-state index contributed by atoms with van der Waals surface area (Å²) in [7, 11) is 0. The Kier molecular flexibility index (Phi) is 5.75. The second-order valence-corrected chi connectivity index (χ2v) is 7.80. The number of aliphatic hydroxyl groups excluding tert-OH is 1. The van der Waals surface area contributed by atoms with Crippen LogP contribution in [0.4, 0.5) is 9.93 Å². The van der Waals surface area contributed by atoms with E-state index in [0.717, 1.165) is 16.4 Å². The number of aryl methyl sites for hydroxylation is 1. The average molecular weight is 368 g/mol. The molecule has 2 aromatic rings. The summed E-state index contributed by atoms with van der Waals surface area (Å²) in [6.45, 7) is 3.17. The molecule has 1 aliphatic heterocycles. The zero-order chi connectivity index (χ0) is 16.9. The molecule has 2 amide bonds. The van der Waals surface area contributed by atoms with Crippen molar-refractivity contribution in [1.29, 1.82) is 0 Å². The lowest BCUT2D eigenvalue weighted by Crippen LogP contribution is -2.42. The maximum absolute atomic E-state index is 12.2. The van der Waals surface area contributed by atoms with Gasteiger partial charge in [0.25, 0.3) is 0 Å². The number of nitrogens with one attached hydrogen (secondary N) is 1. The van der Waals surface area contributed by atoms with Gasteiger partial charge in [-0.25, -0.2) is 14.8 Å². The van der Waals surface area contributed by atoms with Crippen LogP contribution in [-0.4, -0.2) is 45.2 Å². The van der Waals surface area contributed by atoms with Crippen molar-refractivity contribution in [2.45, 2.75) is 42.3 Å². The Hall–Kier alpha value is -1.58. The van der Waals surface area contributed by atoms with E-state index in [0.29, 0.717) is 42.7 Å². The Bertz CT molecular complexity index is 680. The Balaban J connectivity index is 1.49. The Morgan fingerprint density at radius 3 is 2.96 bits per heavy atom. The van der Waals surface area contributed by atoms with Gasteiger partial charge in [0.15, 0.2) is 5.13 Å². The number of piperidine rings is 1. The first-order valence-electron chi connectivity index (χ1n) is 7.90. The van der Waals surface area contributed by atoms with E-state index in [2.05, 4.69) is 15.3 Å². The minimum absolute atomic E-state index is 0.159. The number of anilines is 1. The number of oxazole rings is 1. The number of hydrogen-bond acceptors (Lipinski definition) is 7. The fourth-order valence-corrected chi connectivity index (χ4v) is 4.05. The van der Waals surface area contributed by atoms with Crippen LogP contribution < -0.4 is 5.32 Å². The van der Waals surface area contributed by atoms with Crippen molar-refractivity contribution in [2.24, 2.45) is 0 Å². The molecule has 1 aliphatic rings. The second-order valence-electron chi connectivity index (χ2n) is 5.50. The van der Waals surface area contributed by atoms with Gasteiger partial charge in [0.05, 0.1) is 28.5 Å². The first kappa shape index (κ1) is 17.2. The standard InChI is InChI=1S/C15H20N4O3S2/c1-2-11-7-16-12(22-11)9-23-13-8-17-14(24-13)18-15(21)19-5-3-10(20)4-6-19/h7-8,10,20H,2-6,9H2,1H3,(H,17,18,21). The molecule has 0 aromatic carbocycles. The quantitative estimate of drug-likeness (QED) is 0.789. The van der Waals surface area contributed by atoms with Gasteiger partial charge < -0.3 is 14.4 Å². The summed E-state index contributed by atoms with van der Waals surface area (Å²) >= 11 is 3.01. The van der Waals surface area contributed by atoms with Crippen molar-refractivity contribution in [3.05, 3.63) is 24.0 Å². The molecule has 7 nitrogen and oxygen atoms in total. The Labute approximate surface area is 148 Å². The van der Waals surface area contributed by atoms with E-state index in [9.17, 15) is 9.90 Å². The topological polar surface area (TPSA) is 91.5 Å². The van der Waals surface area contributed by atoms with Crippen LogP contribution in [0.1, 0.15) is 31.4 Å². The first-order chi connectivity index (χ1) is 11.6. The predicted molar refractivity (Wildman–Crippen MR) is 93.4 cm³/mol. The van der Waals surface area contributed by atoms with E-state index < -0.39 is 0 Å². The monoisotopic (exact) mass is 368 g/mol. The third-order valence-electron chi connectivity index (χ3n) is 3.74. The second kappa shape index (κ2) is 8.00. The molecule has 24 heavy (non-hydrogen) atoms. The minimum Gasteiger partial charge on any atom is -0.445 e. The molecule has 0 spiro atoms. The van der Waals surface area contributed by atoms with E-state index in [-0.39, 0.29) is 12.1 Å². The molecule has 0 aliphatic carbocycles. The SMILES string of the molecule is CCc1cnc(CSc2cnc(NC(=O)N3CCC(O)CC3)s2)o1. The van der Waals surface area contributed by atoms with Crippen LogP contribution in [0, 0.1) is 0 Å². The third-order valence-corrected chi connectivity index (χ3v) is 5.83. The molecule has 1 saturated heterocycles. The highest BCUT2D eigenvalue weighted by atomic mass is 32.2. The van der Waals surface area contributed by atoms with Crippen molar-refractivity contribution < 1.29 is 14.3 Å². The van der Waals surface area contributed by atoms with Crippen molar-refractivity contribution >= 4 is 34.3 Å². The molecule has 0 atom stereocenters. The van der Waals surface area contributed by atoms with Gasteiger partial charge in [-0.05, 0) is 12.8 Å². The highest BCUT2D eigenvalue weighted by Crippen LogP contribution is 2.30. The van der Waals surface area contributed by atoms with Crippen LogP contribution in [0.3, 0.4) is 0 Å². The lowest BCUT2D eigenvalue weighted by Gasteiger charge is -2.29. The zero-order valence-corrected chi connectivity index (χ0v) is 15.0. The van der Waals surface area contributed by atoms with Gasteiger partial charge in [-0.15, -0.1) is 11.8 Å². The number of thiazole rings is 1. The maximum atomic E-state index is 12.2. The molecule has 0 radical (unpaired) electrons. The van der Waals surface area contributed by atoms with Crippen LogP contribution in [-0.2, 0) is 12.2 Å². The molecule has 3 heterocycles. The third kappa shape index (κ3) is 4.49. The fraction of sp³-hybridized carbons (Fsp3) is 0.533. The van der Waals surface area contributed by atoms with Gasteiger partial charge in [0, 0.05) is 19.5 Å². The molecule has 130 valence electrons. The van der Waals surface area contributed by atoms with Crippen LogP contribution in [0.2, 0.25) is 0 Å². The molecule has 9 heteroatoms. The molecular formula is C15H20N4O3S2. The largest absolute Gasteiger partial charge is 0.445 e. The highest BCUT2D eigenvalue weighted by molar-refractivity contribution is 8.00. The van der Waals surface area contributed by atoms with Gasteiger partial charge in [0.1, 0.15) is 5.76 Å². The summed E-state index contributed by atoms with van der Waals surface area (Å²) < 4.78 is 6.57. The van der Waals surface area contributed by atoms with Crippen LogP contribution in [0.25, 0.3) is 0 Å². The van der Waals surface area contributed by atoms with E-state index in [4.69, 9.17) is 4.42 Å². The highest BCUT2D eigenvalue weighted by Gasteiger charge is 2.21. The number of nitrogens with zero attached hydrogens (tertiary/aromatic N) is 3. The summed E-state index contributed by atoms with van der Waals surface area (Å²) in [5, 5.41) is 12.9. The fourth-order valence-electron chi connectivity index (χ4n) is 2.33. The normalized spacial score (nSPS) is 15.7. The summed E-state index contributed by atoms with van der Waals surface area (Å²) in [6.07, 6.45) is 5.30. The van der Waals surface area contributed by atoms with Crippen molar-refractivity contribution in [3.63, 3.8) is 0 Å². The molecular weight excluding hydrogens is 348 g/mol. The molecule has 0 unspecified atom stereocenters. The van der Waals surface area contributed by atoms with Gasteiger partial charge >= 0.3 is 6.03 Å². The van der Waals surface area contributed by atoms with Crippen molar-refractivity contribution in [2.75, 3.05) is 18.4 Å². The first-order valence-corrected chi connectivity index (χ1v) is 9.70. The minimum atomic E-state index is -0.291. The summed E-state index contributed by atoms with van der Waals surface area (Å²) in [5.74, 6) is 2.22. The smallest absolute Gasteiger partial charge is 0.323 e. The lowest BCUT2D eigenvalue weighted by atomic mass is 10.1. The maximum Gasteiger partial charge on any atom is 0.323 e. The van der Waals surface area contributed by atoms with Gasteiger partial charge in [-0.3, -0.25) is 5.32 Å². The van der Waals surface area contributed by atoms with E-state index in [1.165, 1.54) is 11.3 Å². The molecule has 2 aromatic heterocycles. The van der Waals surface area contributed by atoms with E-state index in [1.807, 2.05) is 6.92 Å². The number of urea groups is 1. The number of amides is 2. The van der Waals surface area contributed by atoms with Crippen LogP contribution in [0.15, 0.2) is 21.0 Å². The number of carbonyl (C=O) groups excluding carboxylic acids is 1. The summed E-state index contributed by atoms with van der Waals surface area (Å²) in [5.41, 5.74) is 0. The number of aromatic nitrogens is 2. The number of hydrogen-bond donors (Lipinski definition) is 2. The number of likely N-dealkylation sites (tertiary alicyclic amines) is 1. The van der Waals surface area contributed by atoms with Crippen LogP contribution in [0.5, 0.6) is 0 Å². The average Bonchev–Trinajstić information content (AvgIpc) is 3.22. The predicted octanol–water partition coefficient (Wildman–Crippen LogP) is 2.97. The number of carbonyl (C=O) groups is 1.